The van der Waals surface area contributed by atoms with Crippen molar-refractivity contribution in [1.82, 2.24) is 15.6 Å². The zero-order valence-corrected chi connectivity index (χ0v) is 15.0. The van der Waals surface area contributed by atoms with Crippen LogP contribution in [0.1, 0.15) is 28.1 Å². The normalized spacial score (nSPS) is 11.1. The summed E-state index contributed by atoms with van der Waals surface area (Å²) >= 11 is 1.34. The molecule has 0 spiro atoms. The van der Waals surface area contributed by atoms with Crippen molar-refractivity contribution >= 4 is 23.2 Å². The third-order valence-electron chi connectivity index (χ3n) is 3.28. The lowest BCUT2D eigenvalue weighted by molar-refractivity contribution is -0.154. The first kappa shape index (κ1) is 20.7. The van der Waals surface area contributed by atoms with Gasteiger partial charge in [0.15, 0.2) is 6.61 Å². The fraction of sp³-hybridized carbons (Fsp3) is 0.353. The molecule has 2 aromatic rings. The molecule has 0 atom stereocenters. The third-order valence-corrected chi connectivity index (χ3v) is 4.15. The number of carbonyl (C=O) groups excluding carboxylic acids is 2. The first-order chi connectivity index (χ1) is 12.8. The number of thiophene rings is 1. The molecule has 0 saturated carbocycles. The average Bonchev–Trinajstić information content (AvgIpc) is 3.16. The van der Waals surface area contributed by atoms with Crippen molar-refractivity contribution in [2.45, 2.75) is 25.6 Å². The molecular weight excluding hydrogens is 383 g/mol. The van der Waals surface area contributed by atoms with Gasteiger partial charge in [-0.05, 0) is 29.5 Å². The van der Waals surface area contributed by atoms with E-state index in [0.717, 1.165) is 0 Å². The van der Waals surface area contributed by atoms with E-state index in [9.17, 15) is 22.8 Å². The minimum Gasteiger partial charge on any atom is -0.468 e. The van der Waals surface area contributed by atoms with E-state index in [-0.39, 0.29) is 30.7 Å². The van der Waals surface area contributed by atoms with Crippen LogP contribution in [0.25, 0.3) is 0 Å². The van der Waals surface area contributed by atoms with Gasteiger partial charge in [0.25, 0.3) is 5.91 Å². The molecule has 0 aliphatic heterocycles. The van der Waals surface area contributed by atoms with E-state index in [1.54, 1.807) is 23.6 Å². The molecule has 2 N–H and O–H groups in total. The van der Waals surface area contributed by atoms with Crippen LogP contribution < -0.4 is 15.4 Å². The van der Waals surface area contributed by atoms with Gasteiger partial charge < -0.3 is 15.4 Å². The van der Waals surface area contributed by atoms with Crippen LogP contribution in [-0.4, -0.2) is 36.1 Å². The number of hydrogen-bond donors (Lipinski definition) is 2. The highest BCUT2D eigenvalue weighted by atomic mass is 32.1. The molecule has 2 amide bonds. The number of pyridine rings is 1. The van der Waals surface area contributed by atoms with Crippen LogP contribution in [0.15, 0.2) is 35.8 Å². The average molecular weight is 401 g/mol. The van der Waals surface area contributed by atoms with Crippen LogP contribution in [0, 0.1) is 0 Å². The largest absolute Gasteiger partial charge is 0.468 e. The number of rotatable bonds is 9. The fourth-order valence-corrected chi connectivity index (χ4v) is 2.67. The third kappa shape index (κ3) is 8.07. The van der Waals surface area contributed by atoms with Gasteiger partial charge in [-0.2, -0.15) is 13.2 Å². The summed E-state index contributed by atoms with van der Waals surface area (Å²) in [6.07, 6.45) is -2.44. The molecule has 2 aromatic heterocycles. The summed E-state index contributed by atoms with van der Waals surface area (Å²) in [5, 5.41) is 7.19. The van der Waals surface area contributed by atoms with Crippen LogP contribution >= 0.6 is 11.3 Å². The number of hydrogen-bond acceptors (Lipinski definition) is 5. The number of amides is 2. The monoisotopic (exact) mass is 401 g/mol. The van der Waals surface area contributed by atoms with E-state index >= 15 is 0 Å². The molecule has 0 saturated heterocycles. The second-order valence-electron chi connectivity index (χ2n) is 5.52. The number of nitrogens with zero attached hydrogens (tertiary/aromatic N) is 1. The Morgan fingerprint density at radius 2 is 2.04 bits per heavy atom. The van der Waals surface area contributed by atoms with E-state index in [1.807, 2.05) is 0 Å². The Labute approximate surface area is 157 Å². The molecule has 10 heteroatoms. The highest BCUT2D eigenvalue weighted by Gasteiger charge is 2.28. The van der Waals surface area contributed by atoms with Crippen molar-refractivity contribution in [3.8, 4) is 5.88 Å². The Kier molecular flexibility index (Phi) is 7.59. The van der Waals surface area contributed by atoms with Crippen LogP contribution in [0.2, 0.25) is 0 Å². The summed E-state index contributed by atoms with van der Waals surface area (Å²) in [4.78, 5) is 27.8. The van der Waals surface area contributed by atoms with Gasteiger partial charge in [-0.25, -0.2) is 4.98 Å². The summed E-state index contributed by atoms with van der Waals surface area (Å²) < 4.78 is 41.0. The molecule has 0 bridgehead atoms. The number of ether oxygens (including phenoxy) is 1. The molecule has 0 unspecified atom stereocenters. The molecule has 146 valence electrons. The minimum absolute atomic E-state index is 0.144. The van der Waals surface area contributed by atoms with Crippen LogP contribution in [-0.2, 0) is 11.3 Å². The number of halogens is 3. The molecule has 0 aliphatic rings. The molecule has 0 fully saturated rings. The molecule has 2 heterocycles. The standard InChI is InChI=1S/C17H18F3N3O3S/c18-17(19,20)11-26-15-9-12(5-7-21-15)10-23-14(24)4-1-6-22-16(25)13-3-2-8-27-13/h2-3,5,7-9H,1,4,6,10-11H2,(H,22,25)(H,23,24). The maximum Gasteiger partial charge on any atom is 0.422 e. The topological polar surface area (TPSA) is 80.3 Å². The maximum absolute atomic E-state index is 12.1. The van der Waals surface area contributed by atoms with Gasteiger partial charge in [0.2, 0.25) is 11.8 Å². The highest BCUT2D eigenvalue weighted by Crippen LogP contribution is 2.17. The summed E-state index contributed by atoms with van der Waals surface area (Å²) in [6, 6.07) is 6.41. The second-order valence-corrected chi connectivity index (χ2v) is 6.47. The Hall–Kier alpha value is -2.62. The molecule has 0 radical (unpaired) electrons. The van der Waals surface area contributed by atoms with Gasteiger partial charge in [0.1, 0.15) is 0 Å². The van der Waals surface area contributed by atoms with Gasteiger partial charge in [0, 0.05) is 31.8 Å². The Morgan fingerprint density at radius 1 is 1.22 bits per heavy atom. The quantitative estimate of drug-likeness (QED) is 0.633. The number of carbonyl (C=O) groups is 2. The number of nitrogens with one attached hydrogen (secondary N) is 2. The molecule has 6 nitrogen and oxygen atoms in total. The van der Waals surface area contributed by atoms with Crippen molar-refractivity contribution in [3.05, 3.63) is 46.3 Å². The Morgan fingerprint density at radius 3 is 2.74 bits per heavy atom. The summed E-state index contributed by atoms with van der Waals surface area (Å²) in [5.74, 6) is -0.557. The van der Waals surface area contributed by atoms with Gasteiger partial charge in [-0.15, -0.1) is 11.3 Å². The van der Waals surface area contributed by atoms with Gasteiger partial charge in [-0.1, -0.05) is 6.07 Å². The molecule has 27 heavy (non-hydrogen) atoms. The van der Waals surface area contributed by atoms with Crippen LogP contribution in [0.5, 0.6) is 5.88 Å². The van der Waals surface area contributed by atoms with E-state index < -0.39 is 12.8 Å². The molecule has 0 aromatic carbocycles. The second kappa shape index (κ2) is 9.91. The summed E-state index contributed by atoms with van der Waals surface area (Å²) in [5.41, 5.74) is 0.571. The first-order valence-electron chi connectivity index (χ1n) is 8.06. The van der Waals surface area contributed by atoms with E-state index in [4.69, 9.17) is 0 Å². The van der Waals surface area contributed by atoms with E-state index in [2.05, 4.69) is 20.4 Å². The van der Waals surface area contributed by atoms with Crippen molar-refractivity contribution < 1.29 is 27.5 Å². The molecular formula is C17H18F3N3O3S. The number of aromatic nitrogens is 1. The lowest BCUT2D eigenvalue weighted by atomic mass is 10.2. The van der Waals surface area contributed by atoms with Crippen molar-refractivity contribution in [3.63, 3.8) is 0 Å². The summed E-state index contributed by atoms with van der Waals surface area (Å²) in [6.45, 7) is -0.910. The van der Waals surface area contributed by atoms with Gasteiger partial charge in [0.05, 0.1) is 4.88 Å². The molecule has 2 rings (SSSR count). The smallest absolute Gasteiger partial charge is 0.422 e. The highest BCUT2D eigenvalue weighted by molar-refractivity contribution is 7.12. The molecule has 0 aliphatic carbocycles. The maximum atomic E-state index is 12.1. The van der Waals surface area contributed by atoms with E-state index in [1.165, 1.54) is 23.6 Å². The summed E-state index contributed by atoms with van der Waals surface area (Å²) in [7, 11) is 0. The SMILES string of the molecule is O=C(CCCNC(=O)c1cccs1)NCc1ccnc(OCC(F)(F)F)c1. The minimum atomic E-state index is -4.44. The van der Waals surface area contributed by atoms with Crippen molar-refractivity contribution in [2.24, 2.45) is 0 Å². The van der Waals surface area contributed by atoms with Crippen LogP contribution in [0.3, 0.4) is 0 Å². The van der Waals surface area contributed by atoms with E-state index in [0.29, 0.717) is 23.4 Å². The lowest BCUT2D eigenvalue weighted by Gasteiger charge is -2.10. The van der Waals surface area contributed by atoms with Crippen molar-refractivity contribution in [2.75, 3.05) is 13.2 Å². The van der Waals surface area contributed by atoms with Gasteiger partial charge >= 0.3 is 6.18 Å². The number of alkyl halides is 3. The van der Waals surface area contributed by atoms with Crippen LogP contribution in [0.4, 0.5) is 13.2 Å². The predicted octanol–water partition coefficient (Wildman–Crippen LogP) is 2.91. The Bertz CT molecular complexity index is 751. The zero-order valence-electron chi connectivity index (χ0n) is 14.2. The zero-order chi connectivity index (χ0) is 19.7. The van der Waals surface area contributed by atoms with Crippen molar-refractivity contribution in [1.29, 1.82) is 0 Å². The Balaban J connectivity index is 1.65. The van der Waals surface area contributed by atoms with Gasteiger partial charge in [-0.3, -0.25) is 9.59 Å². The lowest BCUT2D eigenvalue weighted by Crippen LogP contribution is -2.27. The predicted molar refractivity (Wildman–Crippen MR) is 93.5 cm³/mol. The first-order valence-corrected chi connectivity index (χ1v) is 8.94. The fourth-order valence-electron chi connectivity index (χ4n) is 2.03.